The predicted molar refractivity (Wildman–Crippen MR) is 93.4 cm³/mol. The summed E-state index contributed by atoms with van der Waals surface area (Å²) in [6.45, 7) is 8.04. The van der Waals surface area contributed by atoms with E-state index in [9.17, 15) is 0 Å². The number of nitrogens with one attached hydrogen (secondary N) is 1. The summed E-state index contributed by atoms with van der Waals surface area (Å²) in [5, 5.41) is 4.39. The van der Waals surface area contributed by atoms with Crippen molar-refractivity contribution in [1.82, 2.24) is 5.32 Å². The van der Waals surface area contributed by atoms with Crippen LogP contribution in [0, 0.1) is 11.8 Å². The summed E-state index contributed by atoms with van der Waals surface area (Å²) in [4.78, 5) is 1.38. The maximum Gasteiger partial charge on any atom is 0.0311 e. The molecule has 3 atom stereocenters. The lowest BCUT2D eigenvalue weighted by atomic mass is 9.79. The van der Waals surface area contributed by atoms with Gasteiger partial charge in [0, 0.05) is 20.7 Å². The van der Waals surface area contributed by atoms with Crippen molar-refractivity contribution in [2.45, 2.75) is 56.2 Å². The van der Waals surface area contributed by atoms with Gasteiger partial charge in [-0.25, -0.2) is 0 Å². The molecule has 3 unspecified atom stereocenters. The van der Waals surface area contributed by atoms with Gasteiger partial charge in [0.1, 0.15) is 0 Å². The second-order valence-corrected chi connectivity index (χ2v) is 8.20. The van der Waals surface area contributed by atoms with Gasteiger partial charge in [-0.3, -0.25) is 0 Å². The van der Waals surface area contributed by atoms with Gasteiger partial charge in [0.05, 0.1) is 0 Å². The van der Waals surface area contributed by atoms with Crippen molar-refractivity contribution in [2.24, 2.45) is 11.8 Å². The molecular formula is C17H26BrNS. The molecule has 0 heterocycles. The Balaban J connectivity index is 2.09. The minimum Gasteiger partial charge on any atom is -0.313 e. The van der Waals surface area contributed by atoms with Crippen molar-refractivity contribution < 1.29 is 0 Å². The Kier molecular flexibility index (Phi) is 6.44. The highest BCUT2D eigenvalue weighted by Gasteiger charge is 2.32. The number of rotatable bonds is 5. The Morgan fingerprint density at radius 2 is 2.05 bits per heavy atom. The third kappa shape index (κ3) is 4.25. The topological polar surface area (TPSA) is 12.0 Å². The van der Waals surface area contributed by atoms with Crippen LogP contribution in [0.4, 0.5) is 0 Å². The number of hydrogen-bond acceptors (Lipinski definition) is 2. The normalized spacial score (nSPS) is 26.9. The van der Waals surface area contributed by atoms with E-state index in [-0.39, 0.29) is 0 Å². The molecule has 1 saturated carbocycles. The molecule has 0 saturated heterocycles. The summed E-state index contributed by atoms with van der Waals surface area (Å²) in [6.07, 6.45) is 4.03. The lowest BCUT2D eigenvalue weighted by molar-refractivity contribution is 0.247. The fourth-order valence-electron chi connectivity index (χ4n) is 3.09. The average molecular weight is 356 g/mol. The molecule has 1 aromatic rings. The first-order valence-electron chi connectivity index (χ1n) is 7.76. The second kappa shape index (κ2) is 7.86. The van der Waals surface area contributed by atoms with E-state index in [4.69, 9.17) is 0 Å². The van der Waals surface area contributed by atoms with Crippen LogP contribution in [0.25, 0.3) is 0 Å². The summed E-state index contributed by atoms with van der Waals surface area (Å²) in [5.74, 6) is 1.68. The molecule has 0 aromatic heterocycles. The fourth-order valence-corrected chi connectivity index (χ4v) is 5.06. The van der Waals surface area contributed by atoms with Crippen LogP contribution in [0.5, 0.6) is 0 Å². The van der Waals surface area contributed by atoms with E-state index >= 15 is 0 Å². The molecule has 1 N–H and O–H groups in total. The minimum absolute atomic E-state index is 0.659. The molecule has 0 spiro atoms. The van der Waals surface area contributed by atoms with Crippen LogP contribution in [-0.2, 0) is 0 Å². The maximum absolute atomic E-state index is 3.70. The fraction of sp³-hybridized carbons (Fsp3) is 0.647. The van der Waals surface area contributed by atoms with Gasteiger partial charge in [-0.1, -0.05) is 32.9 Å². The lowest BCUT2D eigenvalue weighted by Crippen LogP contribution is -2.43. The van der Waals surface area contributed by atoms with Crippen molar-refractivity contribution >= 4 is 27.7 Å². The van der Waals surface area contributed by atoms with Crippen molar-refractivity contribution in [1.29, 1.82) is 0 Å². The maximum atomic E-state index is 3.70. The van der Waals surface area contributed by atoms with Crippen LogP contribution >= 0.6 is 27.7 Å². The Bertz CT molecular complexity index is 421. The largest absolute Gasteiger partial charge is 0.313 e. The van der Waals surface area contributed by atoms with Gasteiger partial charge in [0.15, 0.2) is 0 Å². The summed E-state index contributed by atoms with van der Waals surface area (Å²) in [7, 11) is 0. The predicted octanol–water partition coefficient (Wildman–Crippen LogP) is 5.34. The van der Waals surface area contributed by atoms with E-state index in [1.165, 1.54) is 28.6 Å². The van der Waals surface area contributed by atoms with E-state index in [0.29, 0.717) is 11.3 Å². The SMILES string of the molecule is CCNC1CCC(C(C)C)CC1Sc1ccccc1Br. The van der Waals surface area contributed by atoms with Gasteiger partial charge in [0.25, 0.3) is 0 Å². The van der Waals surface area contributed by atoms with E-state index in [1.54, 1.807) is 0 Å². The molecule has 20 heavy (non-hydrogen) atoms. The zero-order chi connectivity index (χ0) is 14.5. The molecule has 3 heteroatoms. The van der Waals surface area contributed by atoms with Crippen molar-refractivity contribution in [3.8, 4) is 0 Å². The van der Waals surface area contributed by atoms with E-state index < -0.39 is 0 Å². The van der Waals surface area contributed by atoms with Crippen molar-refractivity contribution in [3.05, 3.63) is 28.7 Å². The zero-order valence-electron chi connectivity index (χ0n) is 12.7. The molecule has 1 nitrogen and oxygen atoms in total. The van der Waals surface area contributed by atoms with Crippen LogP contribution < -0.4 is 5.32 Å². The highest BCUT2D eigenvalue weighted by atomic mass is 79.9. The average Bonchev–Trinajstić information content (AvgIpc) is 2.43. The number of hydrogen-bond donors (Lipinski definition) is 1. The Morgan fingerprint density at radius 1 is 1.30 bits per heavy atom. The van der Waals surface area contributed by atoms with Crippen LogP contribution in [0.2, 0.25) is 0 Å². The van der Waals surface area contributed by atoms with Crippen LogP contribution in [0.3, 0.4) is 0 Å². The quantitative estimate of drug-likeness (QED) is 0.764. The van der Waals surface area contributed by atoms with Crippen molar-refractivity contribution in [2.75, 3.05) is 6.54 Å². The summed E-state index contributed by atoms with van der Waals surface area (Å²) < 4.78 is 1.23. The van der Waals surface area contributed by atoms with Crippen LogP contribution in [0.1, 0.15) is 40.0 Å². The molecule has 0 radical (unpaired) electrons. The molecule has 0 aliphatic heterocycles. The molecule has 1 aromatic carbocycles. The van der Waals surface area contributed by atoms with Gasteiger partial charge in [-0.15, -0.1) is 11.8 Å². The molecular weight excluding hydrogens is 330 g/mol. The van der Waals surface area contributed by atoms with Gasteiger partial charge < -0.3 is 5.32 Å². The minimum atomic E-state index is 0.659. The van der Waals surface area contributed by atoms with Gasteiger partial charge in [-0.05, 0) is 65.7 Å². The zero-order valence-corrected chi connectivity index (χ0v) is 15.1. The number of benzene rings is 1. The highest BCUT2D eigenvalue weighted by molar-refractivity contribution is 9.10. The standard InChI is InChI=1S/C17H26BrNS/c1-4-19-15-10-9-13(12(2)3)11-17(15)20-16-8-6-5-7-14(16)18/h5-8,12-13,15,17,19H,4,9-11H2,1-3H3. The third-order valence-corrected chi connectivity index (χ3v) is 6.74. The first-order valence-corrected chi connectivity index (χ1v) is 9.43. The summed E-state index contributed by atoms with van der Waals surface area (Å²) in [6, 6.07) is 9.27. The van der Waals surface area contributed by atoms with Gasteiger partial charge in [-0.2, -0.15) is 0 Å². The monoisotopic (exact) mass is 355 g/mol. The Labute approximate surface area is 136 Å². The van der Waals surface area contributed by atoms with Crippen molar-refractivity contribution in [3.63, 3.8) is 0 Å². The van der Waals surface area contributed by atoms with E-state index in [2.05, 4.69) is 78.0 Å². The molecule has 112 valence electrons. The highest BCUT2D eigenvalue weighted by Crippen LogP contribution is 2.41. The van der Waals surface area contributed by atoms with Crippen LogP contribution in [0.15, 0.2) is 33.6 Å². The first kappa shape index (κ1) is 16.4. The molecule has 1 fully saturated rings. The Morgan fingerprint density at radius 3 is 2.70 bits per heavy atom. The van der Waals surface area contributed by atoms with Crippen LogP contribution in [-0.4, -0.2) is 17.8 Å². The number of halogens is 1. The van der Waals surface area contributed by atoms with Gasteiger partial charge >= 0.3 is 0 Å². The molecule has 2 rings (SSSR count). The smallest absolute Gasteiger partial charge is 0.0311 e. The summed E-state index contributed by atoms with van der Waals surface area (Å²) >= 11 is 5.74. The second-order valence-electron chi connectivity index (χ2n) is 6.07. The van der Waals surface area contributed by atoms with Gasteiger partial charge in [0.2, 0.25) is 0 Å². The third-order valence-electron chi connectivity index (χ3n) is 4.36. The number of thioether (sulfide) groups is 1. The molecule has 1 aliphatic rings. The summed E-state index contributed by atoms with van der Waals surface area (Å²) in [5.41, 5.74) is 0. The molecule has 0 bridgehead atoms. The first-order chi connectivity index (χ1) is 9.61. The lowest BCUT2D eigenvalue weighted by Gasteiger charge is -2.38. The molecule has 0 amide bonds. The Hall–Kier alpha value is 0.01000. The van der Waals surface area contributed by atoms with E-state index in [1.807, 2.05) is 0 Å². The molecule has 1 aliphatic carbocycles. The van der Waals surface area contributed by atoms with E-state index in [0.717, 1.165) is 18.4 Å².